The molecule has 0 amide bonds. The van der Waals surface area contributed by atoms with E-state index in [1.165, 1.54) is 0 Å². The molecule has 2 aromatic rings. The molecule has 0 atom stereocenters. The van der Waals surface area contributed by atoms with Crippen LogP contribution in [0.3, 0.4) is 0 Å². The summed E-state index contributed by atoms with van der Waals surface area (Å²) in [6.07, 6.45) is 4.48. The smallest absolute Gasteiger partial charge is 0.230 e. The van der Waals surface area contributed by atoms with Crippen molar-refractivity contribution in [1.82, 2.24) is 5.16 Å². The third-order valence-corrected chi connectivity index (χ3v) is 4.24. The van der Waals surface area contributed by atoms with Gasteiger partial charge >= 0.3 is 0 Å². The van der Waals surface area contributed by atoms with Crippen LogP contribution < -0.4 is 5.73 Å². The van der Waals surface area contributed by atoms with Crippen molar-refractivity contribution in [3.63, 3.8) is 0 Å². The molecule has 0 saturated carbocycles. The van der Waals surface area contributed by atoms with E-state index in [2.05, 4.69) is 34.9 Å². The Kier molecular flexibility index (Phi) is 5.24. The van der Waals surface area contributed by atoms with Gasteiger partial charge < -0.3 is 10.3 Å². The molecule has 0 spiro atoms. The van der Waals surface area contributed by atoms with E-state index in [1.807, 2.05) is 24.3 Å². The Morgan fingerprint density at radius 1 is 1.20 bits per heavy atom. The Morgan fingerprint density at radius 3 is 2.45 bits per heavy atom. The van der Waals surface area contributed by atoms with Crippen LogP contribution >= 0.6 is 15.9 Å². The fourth-order valence-electron chi connectivity index (χ4n) is 2.64. The molecule has 1 aromatic heterocycles. The largest absolute Gasteiger partial charge is 0.367 e. The zero-order valence-electron chi connectivity index (χ0n) is 12.0. The van der Waals surface area contributed by atoms with Crippen LogP contribution in [0.15, 0.2) is 33.3 Å². The maximum atomic E-state index is 6.02. The van der Waals surface area contributed by atoms with Gasteiger partial charge in [0.1, 0.15) is 0 Å². The zero-order chi connectivity index (χ0) is 14.5. The van der Waals surface area contributed by atoms with Gasteiger partial charge in [-0.1, -0.05) is 66.0 Å². The monoisotopic (exact) mass is 336 g/mol. The van der Waals surface area contributed by atoms with Gasteiger partial charge in [-0.3, -0.25) is 0 Å². The molecule has 0 bridgehead atoms. The van der Waals surface area contributed by atoms with E-state index in [0.29, 0.717) is 11.8 Å². The van der Waals surface area contributed by atoms with Gasteiger partial charge in [-0.25, -0.2) is 0 Å². The second kappa shape index (κ2) is 6.93. The fraction of sp³-hybridized carbons (Fsp3) is 0.438. The van der Waals surface area contributed by atoms with Crippen molar-refractivity contribution in [2.45, 2.75) is 45.4 Å². The highest BCUT2D eigenvalue weighted by molar-refractivity contribution is 9.10. The summed E-state index contributed by atoms with van der Waals surface area (Å²) < 4.78 is 6.30. The van der Waals surface area contributed by atoms with Crippen molar-refractivity contribution in [2.75, 3.05) is 5.73 Å². The minimum atomic E-state index is 0.407. The van der Waals surface area contributed by atoms with Gasteiger partial charge in [-0.15, -0.1) is 0 Å². The summed E-state index contributed by atoms with van der Waals surface area (Å²) in [6, 6.07) is 8.06. The molecular formula is C16H21BrN2O. The highest BCUT2D eigenvalue weighted by Crippen LogP contribution is 2.40. The van der Waals surface area contributed by atoms with E-state index in [1.54, 1.807) is 0 Å². The van der Waals surface area contributed by atoms with Gasteiger partial charge in [0, 0.05) is 16.0 Å². The van der Waals surface area contributed by atoms with Gasteiger partial charge in [0.05, 0.1) is 11.3 Å². The highest BCUT2D eigenvalue weighted by Gasteiger charge is 2.23. The predicted octanol–water partition coefficient (Wildman–Crippen LogP) is 5.37. The van der Waals surface area contributed by atoms with Crippen molar-refractivity contribution in [2.24, 2.45) is 0 Å². The van der Waals surface area contributed by atoms with Crippen molar-refractivity contribution in [3.05, 3.63) is 34.4 Å². The fourth-order valence-corrected chi connectivity index (χ4v) is 3.13. The molecule has 0 saturated heterocycles. The lowest BCUT2D eigenvalue weighted by molar-refractivity contribution is 0.411. The molecule has 2 rings (SSSR count). The van der Waals surface area contributed by atoms with Crippen LogP contribution in [0.1, 0.15) is 51.1 Å². The Balaban J connectivity index is 2.48. The summed E-state index contributed by atoms with van der Waals surface area (Å²) in [7, 11) is 0. The number of aromatic nitrogens is 1. The number of nitrogens with zero attached hydrogens (tertiary/aromatic N) is 1. The third kappa shape index (κ3) is 3.06. The van der Waals surface area contributed by atoms with Crippen LogP contribution in [-0.2, 0) is 0 Å². The van der Waals surface area contributed by atoms with Crippen molar-refractivity contribution >= 4 is 21.8 Å². The number of hydrogen-bond donors (Lipinski definition) is 1. The number of hydrogen-bond acceptors (Lipinski definition) is 3. The zero-order valence-corrected chi connectivity index (χ0v) is 13.6. The first-order chi connectivity index (χ1) is 9.69. The topological polar surface area (TPSA) is 52.0 Å². The van der Waals surface area contributed by atoms with E-state index < -0.39 is 0 Å². The third-order valence-electron chi connectivity index (χ3n) is 3.55. The standard InChI is InChI=1S/C16H21BrN2O/c1-3-7-11(8-4-2)15-14(16(18)20-19-15)12-9-5-6-10-13(12)17/h5-6,9-11H,3-4,7-8,18H2,1-2H3. The molecule has 2 N–H and O–H groups in total. The Labute approximate surface area is 128 Å². The Morgan fingerprint density at radius 2 is 1.85 bits per heavy atom. The molecule has 0 unspecified atom stereocenters. The SMILES string of the molecule is CCCC(CCC)c1noc(N)c1-c1ccccc1Br. The lowest BCUT2D eigenvalue weighted by Crippen LogP contribution is -2.01. The molecule has 20 heavy (non-hydrogen) atoms. The number of anilines is 1. The molecule has 0 aliphatic carbocycles. The molecule has 1 aromatic carbocycles. The summed E-state index contributed by atoms with van der Waals surface area (Å²) in [5.41, 5.74) is 9.02. The van der Waals surface area contributed by atoms with Gasteiger partial charge in [0.2, 0.25) is 5.88 Å². The molecule has 0 fully saturated rings. The lowest BCUT2D eigenvalue weighted by atomic mass is 9.90. The summed E-state index contributed by atoms with van der Waals surface area (Å²) in [5.74, 6) is 0.817. The van der Waals surface area contributed by atoms with E-state index in [-0.39, 0.29) is 0 Å². The van der Waals surface area contributed by atoms with E-state index >= 15 is 0 Å². The Hall–Kier alpha value is -1.29. The summed E-state index contributed by atoms with van der Waals surface area (Å²) in [4.78, 5) is 0. The first kappa shape index (κ1) is 15.1. The average molecular weight is 337 g/mol. The maximum Gasteiger partial charge on any atom is 0.230 e. The number of benzene rings is 1. The van der Waals surface area contributed by atoms with Crippen LogP contribution in [-0.4, -0.2) is 5.16 Å². The Bertz CT molecular complexity index is 559. The predicted molar refractivity (Wildman–Crippen MR) is 86.6 cm³/mol. The normalized spacial score (nSPS) is 11.2. The number of halogens is 1. The first-order valence-corrected chi connectivity index (χ1v) is 7.98. The average Bonchev–Trinajstić information content (AvgIpc) is 2.81. The highest BCUT2D eigenvalue weighted by atomic mass is 79.9. The van der Waals surface area contributed by atoms with Crippen LogP contribution in [0.5, 0.6) is 0 Å². The van der Waals surface area contributed by atoms with Gasteiger partial charge in [0.15, 0.2) is 0 Å². The summed E-state index contributed by atoms with van der Waals surface area (Å²) in [6.45, 7) is 4.40. The lowest BCUT2D eigenvalue weighted by Gasteiger charge is -2.14. The van der Waals surface area contributed by atoms with Crippen molar-refractivity contribution in [1.29, 1.82) is 0 Å². The summed E-state index contributed by atoms with van der Waals surface area (Å²) >= 11 is 3.59. The molecule has 3 nitrogen and oxygen atoms in total. The molecule has 0 aliphatic heterocycles. The van der Waals surface area contributed by atoms with Gasteiger partial charge in [-0.2, -0.15) is 0 Å². The van der Waals surface area contributed by atoms with Crippen LogP contribution in [0.4, 0.5) is 5.88 Å². The number of nitrogen functional groups attached to an aromatic ring is 1. The van der Waals surface area contributed by atoms with Crippen LogP contribution in [0.25, 0.3) is 11.1 Å². The minimum absolute atomic E-state index is 0.407. The van der Waals surface area contributed by atoms with E-state index in [0.717, 1.165) is 47.0 Å². The summed E-state index contributed by atoms with van der Waals surface area (Å²) in [5, 5.41) is 4.25. The van der Waals surface area contributed by atoms with Gasteiger partial charge in [0.25, 0.3) is 0 Å². The molecule has 108 valence electrons. The van der Waals surface area contributed by atoms with Gasteiger partial charge in [-0.05, 0) is 18.9 Å². The molecule has 4 heteroatoms. The molecule has 0 radical (unpaired) electrons. The van der Waals surface area contributed by atoms with Crippen LogP contribution in [0.2, 0.25) is 0 Å². The van der Waals surface area contributed by atoms with E-state index in [4.69, 9.17) is 10.3 Å². The molecule has 1 heterocycles. The van der Waals surface area contributed by atoms with Crippen molar-refractivity contribution in [3.8, 4) is 11.1 Å². The van der Waals surface area contributed by atoms with E-state index in [9.17, 15) is 0 Å². The number of rotatable bonds is 6. The maximum absolute atomic E-state index is 6.02. The first-order valence-electron chi connectivity index (χ1n) is 7.18. The molecule has 0 aliphatic rings. The number of nitrogens with two attached hydrogens (primary N) is 1. The van der Waals surface area contributed by atoms with Crippen LogP contribution in [0, 0.1) is 0 Å². The second-order valence-corrected chi connectivity index (χ2v) is 5.92. The molecular weight excluding hydrogens is 316 g/mol. The minimum Gasteiger partial charge on any atom is -0.367 e. The quantitative estimate of drug-likeness (QED) is 0.771. The van der Waals surface area contributed by atoms with Crippen molar-refractivity contribution < 1.29 is 4.52 Å². The second-order valence-electron chi connectivity index (χ2n) is 5.06.